The molecule has 10 nitrogen and oxygen atoms in total. The maximum absolute atomic E-state index is 12.0. The molecule has 10 heteroatoms. The van der Waals surface area contributed by atoms with Crippen LogP contribution in [0.2, 0.25) is 0 Å². The number of para-hydroxylation sites is 1. The van der Waals surface area contributed by atoms with Crippen molar-refractivity contribution in [1.29, 1.82) is 0 Å². The largest absolute Gasteiger partial charge is 0.481 e. The Kier molecular flexibility index (Phi) is 7.38. The number of nitrogens with zero attached hydrogens (tertiary/aromatic N) is 5. The van der Waals surface area contributed by atoms with E-state index >= 15 is 0 Å². The maximum Gasteiger partial charge on any atom is 0.303 e. The molecule has 1 aliphatic rings. The van der Waals surface area contributed by atoms with Crippen LogP contribution in [0.25, 0.3) is 40.0 Å². The van der Waals surface area contributed by atoms with Crippen molar-refractivity contribution < 1.29 is 19.4 Å². The normalized spacial score (nSPS) is 13.7. The van der Waals surface area contributed by atoms with Crippen molar-refractivity contribution in [2.24, 2.45) is 0 Å². The molecule has 2 aromatic carbocycles. The monoisotopic (exact) mass is 548 g/mol. The third kappa shape index (κ3) is 5.92. The molecule has 4 heterocycles. The second-order valence-electron chi connectivity index (χ2n) is 9.71. The summed E-state index contributed by atoms with van der Waals surface area (Å²) in [7, 11) is 0. The van der Waals surface area contributed by atoms with Crippen LogP contribution < -0.4 is 10.2 Å². The zero-order valence-corrected chi connectivity index (χ0v) is 22.2. The highest BCUT2D eigenvalue weighted by molar-refractivity contribution is 5.92. The highest BCUT2D eigenvalue weighted by Gasteiger charge is 2.19. The molecule has 0 unspecified atom stereocenters. The van der Waals surface area contributed by atoms with Crippen LogP contribution in [0.4, 0.5) is 11.5 Å². The van der Waals surface area contributed by atoms with E-state index in [0.717, 1.165) is 58.1 Å². The molecule has 206 valence electrons. The van der Waals surface area contributed by atoms with Gasteiger partial charge in [-0.2, -0.15) is 0 Å². The molecule has 0 spiro atoms. The Morgan fingerprint density at radius 2 is 1.71 bits per heavy atom. The zero-order chi connectivity index (χ0) is 28.2. The van der Waals surface area contributed by atoms with E-state index in [9.17, 15) is 9.59 Å². The van der Waals surface area contributed by atoms with E-state index in [1.165, 1.54) is 0 Å². The Labute approximate surface area is 235 Å². The number of imidazole rings is 1. The Balaban J connectivity index is 1.32. The van der Waals surface area contributed by atoms with Gasteiger partial charge in [-0.15, -0.1) is 0 Å². The van der Waals surface area contributed by atoms with Crippen molar-refractivity contribution in [1.82, 2.24) is 19.4 Å². The number of aliphatic carboxylic acids is 1. The van der Waals surface area contributed by atoms with Crippen LogP contribution in [0.1, 0.15) is 24.2 Å². The van der Waals surface area contributed by atoms with Gasteiger partial charge < -0.3 is 20.1 Å². The van der Waals surface area contributed by atoms with Crippen LogP contribution in [0.3, 0.4) is 0 Å². The number of pyridine rings is 1. The third-order valence-electron chi connectivity index (χ3n) is 6.88. The number of hydrogen-bond acceptors (Lipinski definition) is 7. The van der Waals surface area contributed by atoms with Crippen molar-refractivity contribution in [3.63, 3.8) is 0 Å². The number of carbonyl (C=O) groups excluding carboxylic acids is 1. The third-order valence-corrected chi connectivity index (χ3v) is 6.88. The molecule has 3 aromatic heterocycles. The minimum absolute atomic E-state index is 0.0787. The van der Waals surface area contributed by atoms with Crippen LogP contribution in [0, 0.1) is 0 Å². The Morgan fingerprint density at radius 1 is 0.927 bits per heavy atom. The van der Waals surface area contributed by atoms with Gasteiger partial charge >= 0.3 is 5.97 Å². The fraction of sp³-hybridized carbons (Fsp3) is 0.194. The quantitative estimate of drug-likeness (QED) is 0.285. The molecule has 0 bridgehead atoms. The average Bonchev–Trinajstić information content (AvgIpc) is 3.44. The first kappa shape index (κ1) is 26.1. The van der Waals surface area contributed by atoms with Crippen molar-refractivity contribution in [3.8, 4) is 11.3 Å². The van der Waals surface area contributed by atoms with Crippen molar-refractivity contribution in [2.75, 3.05) is 36.5 Å². The minimum atomic E-state index is -1.00. The first-order valence-electron chi connectivity index (χ1n) is 13.4. The number of carbonyl (C=O) groups is 2. The van der Waals surface area contributed by atoms with Gasteiger partial charge in [-0.1, -0.05) is 36.4 Å². The number of hydrogen-bond donors (Lipinski definition) is 2. The molecule has 41 heavy (non-hydrogen) atoms. The molecule has 0 saturated carbocycles. The molecule has 1 amide bonds. The molecule has 5 aromatic rings. The summed E-state index contributed by atoms with van der Waals surface area (Å²) in [5, 5.41) is 12.6. The molecule has 1 aliphatic heterocycles. The SMILES string of the molecule is O=C(O)CCC(=O)Nc1ccc(-c2cnc(N3CCOCC3)c3nc(/C=C/c4ccc5ccccc5n4)cn23)cc1. The lowest BCUT2D eigenvalue weighted by molar-refractivity contribution is -0.138. The van der Waals surface area contributed by atoms with Gasteiger partial charge in [0.15, 0.2) is 11.5 Å². The van der Waals surface area contributed by atoms with Crippen molar-refractivity contribution >= 4 is 52.1 Å². The van der Waals surface area contributed by atoms with Crippen LogP contribution >= 0.6 is 0 Å². The van der Waals surface area contributed by atoms with Crippen molar-refractivity contribution in [3.05, 3.63) is 84.4 Å². The summed E-state index contributed by atoms with van der Waals surface area (Å²) in [5.41, 5.74) is 5.62. The second-order valence-corrected chi connectivity index (χ2v) is 9.71. The molecule has 0 aliphatic carbocycles. The van der Waals surface area contributed by atoms with E-state index in [2.05, 4.69) is 16.3 Å². The van der Waals surface area contributed by atoms with Crippen LogP contribution in [-0.4, -0.2) is 62.6 Å². The lowest BCUT2D eigenvalue weighted by Crippen LogP contribution is -2.37. The summed E-state index contributed by atoms with van der Waals surface area (Å²) in [6.45, 7) is 2.74. The number of nitrogens with one attached hydrogen (secondary N) is 1. The van der Waals surface area contributed by atoms with Gasteiger partial charge in [0, 0.05) is 42.3 Å². The van der Waals surface area contributed by atoms with Gasteiger partial charge in [0.2, 0.25) is 5.91 Å². The van der Waals surface area contributed by atoms with Crippen LogP contribution in [-0.2, 0) is 14.3 Å². The summed E-state index contributed by atoms with van der Waals surface area (Å²) < 4.78 is 7.57. The zero-order valence-electron chi connectivity index (χ0n) is 22.2. The smallest absolute Gasteiger partial charge is 0.303 e. The molecular weight excluding hydrogens is 520 g/mol. The number of rotatable bonds is 8. The summed E-state index contributed by atoms with van der Waals surface area (Å²) in [6, 6.07) is 19.4. The number of anilines is 2. The van der Waals surface area contributed by atoms with Crippen LogP contribution in [0.15, 0.2) is 73.1 Å². The number of aromatic nitrogens is 4. The van der Waals surface area contributed by atoms with Crippen LogP contribution in [0.5, 0.6) is 0 Å². The summed E-state index contributed by atoms with van der Waals surface area (Å²) in [4.78, 5) is 39.5. The number of carboxylic acids is 1. The van der Waals surface area contributed by atoms with E-state index < -0.39 is 5.97 Å². The Bertz CT molecular complexity index is 1760. The average molecular weight is 549 g/mol. The predicted octanol–water partition coefficient (Wildman–Crippen LogP) is 4.75. The minimum Gasteiger partial charge on any atom is -0.481 e. The Hall–Kier alpha value is -5.09. The molecular formula is C31H28N6O4. The predicted molar refractivity (Wildman–Crippen MR) is 158 cm³/mol. The maximum atomic E-state index is 12.0. The Morgan fingerprint density at radius 3 is 2.51 bits per heavy atom. The van der Waals surface area contributed by atoms with Crippen molar-refractivity contribution in [2.45, 2.75) is 12.8 Å². The van der Waals surface area contributed by atoms with Gasteiger partial charge in [0.1, 0.15) is 0 Å². The summed E-state index contributed by atoms with van der Waals surface area (Å²) in [5.74, 6) is -0.551. The number of amides is 1. The highest BCUT2D eigenvalue weighted by atomic mass is 16.5. The summed E-state index contributed by atoms with van der Waals surface area (Å²) >= 11 is 0. The van der Waals surface area contributed by atoms with Gasteiger partial charge in [0.05, 0.1) is 48.4 Å². The number of fused-ring (bicyclic) bond motifs is 2. The fourth-order valence-electron chi connectivity index (χ4n) is 4.79. The summed E-state index contributed by atoms with van der Waals surface area (Å²) in [6.07, 6.45) is 7.43. The molecule has 1 fully saturated rings. The number of morpholine rings is 1. The number of benzene rings is 2. The van der Waals surface area contributed by atoms with Gasteiger partial charge in [-0.3, -0.25) is 14.0 Å². The lowest BCUT2D eigenvalue weighted by Gasteiger charge is -2.28. The van der Waals surface area contributed by atoms with Gasteiger partial charge in [0.25, 0.3) is 0 Å². The molecule has 1 saturated heterocycles. The fourth-order valence-corrected chi connectivity index (χ4v) is 4.79. The van der Waals surface area contributed by atoms with E-state index in [4.69, 9.17) is 24.8 Å². The molecule has 0 atom stereocenters. The number of ether oxygens (including phenoxy) is 1. The number of carboxylic acid groups (broad SMARTS) is 1. The highest BCUT2D eigenvalue weighted by Crippen LogP contribution is 2.28. The standard InChI is InChI=1S/C31H28N6O4/c38-28(13-14-29(39)40)34-24-9-6-22(7-10-24)27-19-32-30(36-15-17-41-18-16-36)31-35-25(20-37(27)31)12-11-23-8-5-21-3-1-2-4-26(21)33-23/h1-12,19-20H,13-18H2,(H,34,38)(H,39,40)/b12-11+. The first-order valence-corrected chi connectivity index (χ1v) is 13.4. The van der Waals surface area contributed by atoms with E-state index in [0.29, 0.717) is 18.9 Å². The van der Waals surface area contributed by atoms with E-state index in [-0.39, 0.29) is 18.7 Å². The van der Waals surface area contributed by atoms with E-state index in [1.54, 1.807) is 12.1 Å². The second kappa shape index (κ2) is 11.6. The topological polar surface area (TPSA) is 122 Å². The lowest BCUT2D eigenvalue weighted by atomic mass is 10.1. The van der Waals surface area contributed by atoms with Gasteiger partial charge in [-0.05, 0) is 36.4 Å². The van der Waals surface area contributed by atoms with E-state index in [1.807, 2.05) is 71.4 Å². The van der Waals surface area contributed by atoms with Gasteiger partial charge in [-0.25, -0.2) is 15.0 Å². The molecule has 0 radical (unpaired) electrons. The molecule has 6 rings (SSSR count). The molecule has 2 N–H and O–H groups in total. The first-order chi connectivity index (χ1) is 20.0.